The highest BCUT2D eigenvalue weighted by Crippen LogP contribution is 2.30. The maximum Gasteiger partial charge on any atom is 0.408 e. The number of hydrogen-bond donors (Lipinski definition) is 2. The first-order valence-corrected chi connectivity index (χ1v) is 12.0. The normalized spacial score (nSPS) is 17.8. The lowest BCUT2D eigenvalue weighted by molar-refractivity contribution is -0.143. The van der Waals surface area contributed by atoms with Crippen LogP contribution in [0.15, 0.2) is 59.4 Å². The number of rotatable bonds is 8. The molecule has 3 aromatic rings. The number of halogens is 5. The number of nitrogens with one attached hydrogen (secondary N) is 2. The van der Waals surface area contributed by atoms with Crippen molar-refractivity contribution in [1.29, 1.82) is 0 Å². The molecule has 0 radical (unpaired) electrons. The summed E-state index contributed by atoms with van der Waals surface area (Å²) in [6, 6.07) is 11.3. The minimum absolute atomic E-state index is 0.0279. The van der Waals surface area contributed by atoms with Crippen LogP contribution in [0.4, 0.5) is 32.4 Å². The second kappa shape index (κ2) is 11.9. The Balaban J connectivity index is 1.60. The van der Waals surface area contributed by atoms with Crippen LogP contribution in [-0.2, 0) is 11.3 Å². The van der Waals surface area contributed by atoms with E-state index in [1.54, 1.807) is 37.4 Å². The van der Waals surface area contributed by atoms with Gasteiger partial charge in [-0.3, -0.25) is 9.69 Å². The summed E-state index contributed by atoms with van der Waals surface area (Å²) in [7, 11) is 1.55. The van der Waals surface area contributed by atoms with Crippen molar-refractivity contribution in [2.45, 2.75) is 24.7 Å². The van der Waals surface area contributed by atoms with Gasteiger partial charge in [-0.05, 0) is 17.7 Å². The first-order chi connectivity index (χ1) is 18.5. The van der Waals surface area contributed by atoms with Gasteiger partial charge in [-0.25, -0.2) is 18.3 Å². The van der Waals surface area contributed by atoms with Gasteiger partial charge in [0, 0.05) is 44.3 Å². The molecule has 0 unspecified atom stereocenters. The van der Waals surface area contributed by atoms with E-state index in [-0.39, 0.29) is 16.1 Å². The van der Waals surface area contributed by atoms with Crippen molar-refractivity contribution in [3.05, 3.63) is 82.1 Å². The van der Waals surface area contributed by atoms with Crippen LogP contribution >= 0.6 is 0 Å². The van der Waals surface area contributed by atoms with Gasteiger partial charge < -0.3 is 15.4 Å². The van der Waals surface area contributed by atoms with Gasteiger partial charge in [0.15, 0.2) is 11.6 Å². The SMILES string of the molecule is COCCN1C[C@@H](NC(=O)Nc2cc(=O)n(CC(F)(F)F)nc2-c2ccccc2)[C@H](c2ccc(F)c(F)c2)C1. The monoisotopic (exact) mass is 551 g/mol. The topological polar surface area (TPSA) is 88.5 Å². The second-order valence-electron chi connectivity index (χ2n) is 9.12. The van der Waals surface area contributed by atoms with E-state index in [2.05, 4.69) is 15.7 Å². The number of hydrogen-bond acceptors (Lipinski definition) is 5. The Kier molecular flexibility index (Phi) is 8.60. The zero-order chi connectivity index (χ0) is 28.2. The Morgan fingerprint density at radius 3 is 2.49 bits per heavy atom. The molecule has 1 fully saturated rings. The Morgan fingerprint density at radius 2 is 1.82 bits per heavy atom. The minimum atomic E-state index is -4.68. The van der Waals surface area contributed by atoms with E-state index in [0.29, 0.717) is 37.4 Å². The zero-order valence-electron chi connectivity index (χ0n) is 20.8. The molecule has 8 nitrogen and oxygen atoms in total. The Bertz CT molecular complexity index is 1370. The van der Waals surface area contributed by atoms with Crippen molar-refractivity contribution in [2.24, 2.45) is 0 Å². The zero-order valence-corrected chi connectivity index (χ0v) is 20.8. The molecule has 0 bridgehead atoms. The van der Waals surface area contributed by atoms with E-state index in [4.69, 9.17) is 4.74 Å². The van der Waals surface area contributed by atoms with Crippen LogP contribution in [0.3, 0.4) is 0 Å². The summed E-state index contributed by atoms with van der Waals surface area (Å²) < 4.78 is 71.9. The maximum absolute atomic E-state index is 14.0. The molecular formula is C26H26F5N5O3. The summed E-state index contributed by atoms with van der Waals surface area (Å²) in [6.07, 6.45) is -4.68. The molecule has 0 aliphatic carbocycles. The molecule has 13 heteroatoms. The van der Waals surface area contributed by atoms with Crippen LogP contribution < -0.4 is 16.2 Å². The number of methoxy groups -OCH3 is 1. The van der Waals surface area contributed by atoms with Gasteiger partial charge in [-0.1, -0.05) is 36.4 Å². The van der Waals surface area contributed by atoms with Gasteiger partial charge in [0.1, 0.15) is 12.2 Å². The van der Waals surface area contributed by atoms with Gasteiger partial charge >= 0.3 is 12.2 Å². The van der Waals surface area contributed by atoms with E-state index in [9.17, 15) is 31.5 Å². The first kappa shape index (κ1) is 28.2. The van der Waals surface area contributed by atoms with Crippen molar-refractivity contribution in [2.75, 3.05) is 38.7 Å². The third-order valence-electron chi connectivity index (χ3n) is 6.32. The van der Waals surface area contributed by atoms with Crippen LogP contribution in [-0.4, -0.2) is 66.3 Å². The molecule has 2 atom stereocenters. The third kappa shape index (κ3) is 7.18. The number of likely N-dealkylation sites (tertiary alicyclic amines) is 1. The van der Waals surface area contributed by atoms with Crippen molar-refractivity contribution < 1.29 is 31.5 Å². The molecule has 1 aromatic heterocycles. The molecule has 1 aliphatic rings. The highest BCUT2D eigenvalue weighted by atomic mass is 19.4. The Hall–Kier alpha value is -3.84. The van der Waals surface area contributed by atoms with Crippen LogP contribution in [0.1, 0.15) is 11.5 Å². The fraction of sp³-hybridized carbons (Fsp3) is 0.346. The molecule has 0 spiro atoms. The van der Waals surface area contributed by atoms with Gasteiger partial charge in [-0.15, -0.1) is 0 Å². The molecule has 2 heterocycles. The molecule has 1 aliphatic heterocycles. The van der Waals surface area contributed by atoms with Crippen molar-refractivity contribution in [1.82, 2.24) is 20.0 Å². The number of nitrogens with zero attached hydrogens (tertiary/aromatic N) is 3. The highest BCUT2D eigenvalue weighted by molar-refractivity contribution is 5.93. The molecule has 2 aromatic carbocycles. The molecule has 1 saturated heterocycles. The van der Waals surface area contributed by atoms with Crippen LogP contribution in [0, 0.1) is 11.6 Å². The van der Waals surface area contributed by atoms with Crippen LogP contribution in [0.25, 0.3) is 11.3 Å². The molecule has 208 valence electrons. The third-order valence-corrected chi connectivity index (χ3v) is 6.32. The minimum Gasteiger partial charge on any atom is -0.383 e. The quantitative estimate of drug-likeness (QED) is 0.414. The van der Waals surface area contributed by atoms with Gasteiger partial charge in [0.2, 0.25) is 0 Å². The van der Waals surface area contributed by atoms with Crippen LogP contribution in [0.2, 0.25) is 0 Å². The van der Waals surface area contributed by atoms with E-state index in [1.807, 2.05) is 4.90 Å². The average molecular weight is 552 g/mol. The fourth-order valence-electron chi connectivity index (χ4n) is 4.52. The number of benzene rings is 2. The van der Waals surface area contributed by atoms with Gasteiger partial charge in [0.25, 0.3) is 5.56 Å². The molecule has 2 N–H and O–H groups in total. The fourth-order valence-corrected chi connectivity index (χ4v) is 4.52. The number of carbonyl (C=O) groups is 1. The Morgan fingerprint density at radius 1 is 1.08 bits per heavy atom. The molecule has 0 saturated carbocycles. The summed E-state index contributed by atoms with van der Waals surface area (Å²) in [5.74, 6) is -2.39. The number of amides is 2. The van der Waals surface area contributed by atoms with Crippen molar-refractivity contribution >= 4 is 11.7 Å². The summed E-state index contributed by atoms with van der Waals surface area (Å²) in [5, 5.41) is 9.22. The smallest absolute Gasteiger partial charge is 0.383 e. The number of aromatic nitrogens is 2. The molecular weight excluding hydrogens is 525 g/mol. The number of ether oxygens (including phenoxy) is 1. The largest absolute Gasteiger partial charge is 0.408 e. The first-order valence-electron chi connectivity index (χ1n) is 12.0. The predicted molar refractivity (Wildman–Crippen MR) is 133 cm³/mol. The van der Waals surface area contributed by atoms with Gasteiger partial charge in [0.05, 0.1) is 18.3 Å². The van der Waals surface area contributed by atoms with E-state index in [1.165, 1.54) is 6.07 Å². The summed E-state index contributed by atoms with van der Waals surface area (Å²) in [4.78, 5) is 27.5. The lowest BCUT2D eigenvalue weighted by Crippen LogP contribution is -2.42. The lowest BCUT2D eigenvalue weighted by atomic mass is 9.94. The number of carbonyl (C=O) groups excluding carboxylic acids is 1. The van der Waals surface area contributed by atoms with Crippen molar-refractivity contribution in [3.63, 3.8) is 0 Å². The van der Waals surface area contributed by atoms with E-state index < -0.39 is 47.9 Å². The molecule has 4 rings (SSSR count). The number of alkyl halides is 3. The number of anilines is 1. The van der Waals surface area contributed by atoms with E-state index >= 15 is 0 Å². The highest BCUT2D eigenvalue weighted by Gasteiger charge is 2.35. The molecule has 2 amide bonds. The second-order valence-corrected chi connectivity index (χ2v) is 9.12. The van der Waals surface area contributed by atoms with E-state index in [0.717, 1.165) is 18.2 Å². The lowest BCUT2D eigenvalue weighted by Gasteiger charge is -2.21. The standard InChI is InChI=1S/C26H26F5N5O3/c1-39-10-9-35-13-18(17-7-8-19(27)20(28)11-17)22(14-35)33-25(38)32-21-12-23(37)36(15-26(29,30)31)34-24(21)16-5-3-2-4-6-16/h2-8,11-12,18,22H,9-10,13-15H2,1H3,(H2,32,33,38)/t18-,22+/m0/s1. The summed E-state index contributed by atoms with van der Waals surface area (Å²) >= 11 is 0. The average Bonchev–Trinajstić information content (AvgIpc) is 3.28. The summed E-state index contributed by atoms with van der Waals surface area (Å²) in [6.45, 7) is 0.175. The van der Waals surface area contributed by atoms with Crippen LogP contribution in [0.5, 0.6) is 0 Å². The molecule has 39 heavy (non-hydrogen) atoms. The predicted octanol–water partition coefficient (Wildman–Crippen LogP) is 3.99. The Labute approximate surface area is 220 Å². The van der Waals surface area contributed by atoms with Crippen molar-refractivity contribution in [3.8, 4) is 11.3 Å². The van der Waals surface area contributed by atoms with Gasteiger partial charge in [-0.2, -0.15) is 18.3 Å². The maximum atomic E-state index is 14.0. The summed E-state index contributed by atoms with van der Waals surface area (Å²) in [5.41, 5.74) is -0.287. The number of urea groups is 1.